The van der Waals surface area contributed by atoms with Crippen molar-refractivity contribution >= 4 is 6.29 Å². The third-order valence-electron chi connectivity index (χ3n) is 22.0. The van der Waals surface area contributed by atoms with E-state index in [4.69, 9.17) is 42.6 Å². The first kappa shape index (κ1) is 56.1. The summed E-state index contributed by atoms with van der Waals surface area (Å²) >= 11 is 0. The number of rotatable bonds is 11. The van der Waals surface area contributed by atoms with Crippen molar-refractivity contribution in [3.8, 4) is 0 Å². The first-order chi connectivity index (χ1) is 34.8. The van der Waals surface area contributed by atoms with Gasteiger partial charge in [-0.3, -0.25) is 0 Å². The van der Waals surface area contributed by atoms with Crippen molar-refractivity contribution in [3.63, 3.8) is 0 Å². The predicted octanol–water partition coefficient (Wildman–Crippen LogP) is -1.89. The number of hydrogen-bond donors (Lipinski definition) is 12. The van der Waals surface area contributed by atoms with Crippen molar-refractivity contribution in [1.29, 1.82) is 0 Å². The zero-order valence-electron chi connectivity index (χ0n) is 43.4. The molecule has 23 unspecified atom stereocenters. The van der Waals surface area contributed by atoms with Gasteiger partial charge in [-0.05, 0) is 98.2 Å². The van der Waals surface area contributed by atoms with Gasteiger partial charge in [0.1, 0.15) is 91.7 Å². The van der Waals surface area contributed by atoms with E-state index in [9.17, 15) is 66.1 Å². The maximum absolute atomic E-state index is 12.6. The van der Waals surface area contributed by atoms with E-state index in [1.54, 1.807) is 0 Å². The van der Waals surface area contributed by atoms with Crippen LogP contribution in [0.2, 0.25) is 0 Å². The second-order valence-electron chi connectivity index (χ2n) is 25.8. The van der Waals surface area contributed by atoms with Crippen LogP contribution in [0.3, 0.4) is 0 Å². The van der Waals surface area contributed by atoms with Crippen LogP contribution in [0.4, 0.5) is 0 Å². The second kappa shape index (κ2) is 19.8. The normalized spacial score (nSPS) is 58.1. The number of aliphatic hydroxyl groups excluding tert-OH is 12. The van der Waals surface area contributed by atoms with Gasteiger partial charge in [-0.15, -0.1) is 0 Å². The topological polar surface area (TPSA) is 343 Å². The molecule has 12 N–H and O–H groups in total. The number of fused-ring (bicyclic) bond motifs is 4. The molecule has 424 valence electrons. The van der Waals surface area contributed by atoms with Crippen LogP contribution in [0.15, 0.2) is 0 Å². The minimum atomic E-state index is -1.89. The summed E-state index contributed by atoms with van der Waals surface area (Å²) in [5.74, 6) is 0.456. The van der Waals surface area contributed by atoms with Gasteiger partial charge in [-0.1, -0.05) is 41.5 Å². The standard InChI is InChI=1S/C52H84O22/c1-46(2)27-7-11-49(5)28(8-12-52-29-15-47(3,21-55)13-14-51(29,22-68-52)30(57)16-50(49,52)6)48(27,4)10-9-31(46)72-44-40(74-43-39(65)36(62)33(59)24(17-53)69-43)35(61)26(20-67-44)71-45-41(37(63)34(60)25(18-54)70-45)73-42-38(64)32(58)23(56)19-66-42/h21,23-45,53-54,56-65H,7-20,22H2,1-6H3/t23?,24?,25?,26?,27?,28?,29?,30-,31+,32?,33?,34?,35?,36?,37?,38?,39?,40?,41?,42?,43?,44?,45?,47+,48+,49-,50+,51?,52?/m1/s1. The fourth-order valence-corrected chi connectivity index (χ4v) is 17.4. The summed E-state index contributed by atoms with van der Waals surface area (Å²) in [6, 6.07) is 0. The molecule has 22 nitrogen and oxygen atoms in total. The molecule has 5 saturated carbocycles. The molecular formula is C52H84O22. The molecule has 5 saturated heterocycles. The van der Waals surface area contributed by atoms with E-state index >= 15 is 0 Å². The van der Waals surface area contributed by atoms with Gasteiger partial charge in [0, 0.05) is 16.2 Å². The van der Waals surface area contributed by atoms with E-state index in [0.29, 0.717) is 25.9 Å². The molecule has 22 heteroatoms. The van der Waals surface area contributed by atoms with Gasteiger partial charge < -0.3 is 109 Å². The third-order valence-corrected chi connectivity index (χ3v) is 22.0. The lowest BCUT2D eigenvalue weighted by Gasteiger charge is -2.75. The molecule has 0 aromatic rings. The van der Waals surface area contributed by atoms with Gasteiger partial charge in [0.05, 0.1) is 50.8 Å². The zero-order valence-corrected chi connectivity index (χ0v) is 43.4. The van der Waals surface area contributed by atoms with E-state index in [0.717, 1.165) is 51.2 Å². The lowest BCUT2D eigenvalue weighted by atomic mass is 9.30. The summed E-state index contributed by atoms with van der Waals surface area (Å²) in [7, 11) is 0. The summed E-state index contributed by atoms with van der Waals surface area (Å²) in [5, 5.41) is 130. The lowest BCUT2D eigenvalue weighted by Crippen LogP contribution is -2.74. The Kier molecular flexibility index (Phi) is 15.0. The Balaban J connectivity index is 0.901. The fraction of sp³-hybridized carbons (Fsp3) is 0.981. The number of carbonyl (C=O) groups excluding carboxylic acids is 1. The highest BCUT2D eigenvalue weighted by Gasteiger charge is 2.80. The Morgan fingerprint density at radius 2 is 1.18 bits per heavy atom. The molecule has 29 atom stereocenters. The highest BCUT2D eigenvalue weighted by molar-refractivity contribution is 5.59. The Bertz CT molecular complexity index is 2020. The van der Waals surface area contributed by atoms with Crippen LogP contribution in [0, 0.1) is 50.2 Å². The summed E-state index contributed by atoms with van der Waals surface area (Å²) < 4.78 is 55.9. The van der Waals surface area contributed by atoms with E-state index < -0.39 is 166 Å². The monoisotopic (exact) mass is 1060 g/mol. The molecular weight excluding hydrogens is 977 g/mol. The first-order valence-electron chi connectivity index (χ1n) is 27.1. The van der Waals surface area contributed by atoms with Gasteiger partial charge in [0.2, 0.25) is 0 Å². The van der Waals surface area contributed by atoms with E-state index in [1.165, 1.54) is 0 Å². The lowest BCUT2D eigenvalue weighted by molar-refractivity contribution is -0.392. The van der Waals surface area contributed by atoms with Gasteiger partial charge in [-0.25, -0.2) is 0 Å². The molecule has 1 spiro atoms. The van der Waals surface area contributed by atoms with E-state index in [-0.39, 0.29) is 39.4 Å². The van der Waals surface area contributed by atoms with Crippen LogP contribution < -0.4 is 0 Å². The number of ether oxygens (including phenoxy) is 9. The minimum absolute atomic E-state index is 0.0727. The average Bonchev–Trinajstić information content (AvgIpc) is 3.65. The molecule has 10 fully saturated rings. The van der Waals surface area contributed by atoms with Crippen molar-refractivity contribution in [2.45, 2.75) is 234 Å². The predicted molar refractivity (Wildman–Crippen MR) is 251 cm³/mol. The number of hydrogen-bond acceptors (Lipinski definition) is 22. The molecule has 5 heterocycles. The largest absolute Gasteiger partial charge is 0.394 e. The molecule has 5 aliphatic carbocycles. The van der Waals surface area contributed by atoms with Gasteiger partial charge in [-0.2, -0.15) is 0 Å². The maximum Gasteiger partial charge on any atom is 0.187 e. The minimum Gasteiger partial charge on any atom is -0.394 e. The zero-order chi connectivity index (χ0) is 53.5. The number of aliphatic hydroxyl groups is 12. The number of aldehydes is 1. The summed E-state index contributed by atoms with van der Waals surface area (Å²) in [5.41, 5.74) is -2.57. The van der Waals surface area contributed by atoms with Crippen LogP contribution in [0.25, 0.3) is 0 Å². The molecule has 0 radical (unpaired) electrons. The van der Waals surface area contributed by atoms with Crippen LogP contribution in [0.5, 0.6) is 0 Å². The Morgan fingerprint density at radius 3 is 1.86 bits per heavy atom. The third kappa shape index (κ3) is 8.31. The van der Waals surface area contributed by atoms with Crippen LogP contribution in [0.1, 0.15) is 106 Å². The van der Waals surface area contributed by atoms with Gasteiger partial charge in [0.15, 0.2) is 25.2 Å². The first-order valence-corrected chi connectivity index (χ1v) is 27.1. The molecule has 0 aromatic heterocycles. The highest BCUT2D eigenvalue weighted by atomic mass is 16.8. The van der Waals surface area contributed by atoms with Crippen LogP contribution in [-0.4, -0.2) is 229 Å². The summed E-state index contributed by atoms with van der Waals surface area (Å²) in [4.78, 5) is 12.6. The van der Waals surface area contributed by atoms with Crippen LogP contribution in [-0.2, 0) is 47.4 Å². The smallest absolute Gasteiger partial charge is 0.187 e. The van der Waals surface area contributed by atoms with E-state index in [1.807, 2.05) is 0 Å². The van der Waals surface area contributed by atoms with Crippen LogP contribution >= 0.6 is 0 Å². The van der Waals surface area contributed by atoms with Crippen molar-refractivity contribution in [3.05, 3.63) is 0 Å². The highest BCUT2D eigenvalue weighted by Crippen LogP contribution is 2.80. The van der Waals surface area contributed by atoms with Crippen molar-refractivity contribution in [2.24, 2.45) is 50.2 Å². The molecule has 0 aromatic carbocycles. The second-order valence-corrected chi connectivity index (χ2v) is 25.8. The number of carbonyl (C=O) groups is 1. The Labute approximate surface area is 431 Å². The Morgan fingerprint density at radius 1 is 0.554 bits per heavy atom. The van der Waals surface area contributed by atoms with Crippen molar-refractivity contribution in [1.82, 2.24) is 0 Å². The molecule has 0 amide bonds. The summed E-state index contributed by atoms with van der Waals surface area (Å²) in [6.45, 7) is 11.7. The quantitative estimate of drug-likeness (QED) is 0.0795. The van der Waals surface area contributed by atoms with Crippen molar-refractivity contribution < 1.29 is 109 Å². The van der Waals surface area contributed by atoms with Gasteiger partial charge in [0.25, 0.3) is 0 Å². The van der Waals surface area contributed by atoms with E-state index in [2.05, 4.69) is 41.5 Å². The average molecular weight is 1060 g/mol. The molecule has 5 aliphatic heterocycles. The SMILES string of the molecule is CC1(C)C2CC[C@]3(C)C(CCC45OCC6(CC[C@](C)(C=O)CC64)[C@H](O)C[C@]53C)[C@@]2(C)CC[C@@H]1OC1OCC(OC2OC(CO)C(O)C(O)C2OC2OCC(O)C(O)C2O)C(O)C1OC1OC(CO)C(O)C(O)C1O. The maximum atomic E-state index is 12.6. The fourth-order valence-electron chi connectivity index (χ4n) is 17.4. The Hall–Kier alpha value is -1.17. The van der Waals surface area contributed by atoms with Gasteiger partial charge >= 0.3 is 0 Å². The molecule has 10 rings (SSSR count). The molecule has 10 aliphatic rings. The molecule has 74 heavy (non-hydrogen) atoms. The molecule has 2 bridgehead atoms. The summed E-state index contributed by atoms with van der Waals surface area (Å²) in [6.07, 6.45) is -22.1. The van der Waals surface area contributed by atoms with Crippen molar-refractivity contribution in [2.75, 3.05) is 33.0 Å².